The SMILES string of the molecule is CC.CC.COCCOCCOCCN1C=C(CNC(=O)CC(C)C)NN1. The minimum absolute atomic E-state index is 0.0676. The minimum atomic E-state index is 0.0676. The lowest BCUT2D eigenvalue weighted by Gasteiger charge is -2.14. The van der Waals surface area contributed by atoms with Crippen molar-refractivity contribution in [3.8, 4) is 0 Å². The molecular formula is C19H42N4O4. The monoisotopic (exact) mass is 390 g/mol. The first-order valence-corrected chi connectivity index (χ1v) is 10.0. The Labute approximate surface area is 165 Å². The molecule has 0 spiro atoms. The van der Waals surface area contributed by atoms with Crippen LogP contribution in [0.25, 0.3) is 0 Å². The fraction of sp³-hybridized carbons (Fsp3) is 0.842. The van der Waals surface area contributed by atoms with Gasteiger partial charge in [-0.3, -0.25) is 9.80 Å². The number of carbonyl (C=O) groups is 1. The molecule has 0 unspecified atom stereocenters. The van der Waals surface area contributed by atoms with Crippen molar-refractivity contribution in [2.45, 2.75) is 48.0 Å². The highest BCUT2D eigenvalue weighted by atomic mass is 16.5. The molecule has 1 aliphatic heterocycles. The number of hydrogen-bond acceptors (Lipinski definition) is 7. The van der Waals surface area contributed by atoms with Crippen LogP contribution < -0.4 is 16.3 Å². The average molecular weight is 391 g/mol. The van der Waals surface area contributed by atoms with Gasteiger partial charge in [0.05, 0.1) is 51.8 Å². The van der Waals surface area contributed by atoms with Crippen LogP contribution in [0, 0.1) is 5.92 Å². The lowest BCUT2D eigenvalue weighted by atomic mass is 10.1. The number of amides is 1. The molecule has 0 saturated carbocycles. The molecule has 0 aromatic heterocycles. The lowest BCUT2D eigenvalue weighted by molar-refractivity contribution is -0.121. The van der Waals surface area contributed by atoms with Crippen LogP contribution in [0.5, 0.6) is 0 Å². The third kappa shape index (κ3) is 17.8. The Morgan fingerprint density at radius 1 is 1.07 bits per heavy atom. The maximum Gasteiger partial charge on any atom is 0.220 e. The second kappa shape index (κ2) is 21.0. The molecule has 0 saturated heterocycles. The van der Waals surface area contributed by atoms with E-state index in [1.165, 1.54) is 0 Å². The molecule has 0 fully saturated rings. The van der Waals surface area contributed by atoms with E-state index in [4.69, 9.17) is 14.2 Å². The topological polar surface area (TPSA) is 84.1 Å². The second-order valence-corrected chi connectivity index (χ2v) is 5.68. The Hall–Kier alpha value is -1.35. The quantitative estimate of drug-likeness (QED) is 0.415. The fourth-order valence-electron chi connectivity index (χ4n) is 1.87. The van der Waals surface area contributed by atoms with E-state index in [1.54, 1.807) is 7.11 Å². The van der Waals surface area contributed by atoms with Crippen molar-refractivity contribution in [3.05, 3.63) is 11.9 Å². The number of nitrogens with one attached hydrogen (secondary N) is 3. The Bertz CT molecular complexity index is 366. The van der Waals surface area contributed by atoms with E-state index in [2.05, 4.69) is 16.3 Å². The van der Waals surface area contributed by atoms with E-state index in [1.807, 2.05) is 52.8 Å². The van der Waals surface area contributed by atoms with Crippen LogP contribution in [0.4, 0.5) is 0 Å². The molecule has 1 rings (SSSR count). The van der Waals surface area contributed by atoms with Gasteiger partial charge < -0.3 is 25.0 Å². The largest absolute Gasteiger partial charge is 0.382 e. The smallest absolute Gasteiger partial charge is 0.220 e. The zero-order valence-corrected chi connectivity index (χ0v) is 18.4. The van der Waals surface area contributed by atoms with Crippen molar-refractivity contribution >= 4 is 5.91 Å². The van der Waals surface area contributed by atoms with Crippen LogP contribution in [-0.2, 0) is 19.0 Å². The molecule has 27 heavy (non-hydrogen) atoms. The molecule has 1 amide bonds. The van der Waals surface area contributed by atoms with Crippen LogP contribution in [-0.4, -0.2) is 64.1 Å². The second-order valence-electron chi connectivity index (χ2n) is 5.68. The predicted molar refractivity (Wildman–Crippen MR) is 110 cm³/mol. The highest BCUT2D eigenvalue weighted by Crippen LogP contribution is 2.01. The van der Waals surface area contributed by atoms with Gasteiger partial charge >= 0.3 is 0 Å². The summed E-state index contributed by atoms with van der Waals surface area (Å²) in [5.74, 6) is 0.434. The number of rotatable bonds is 13. The van der Waals surface area contributed by atoms with Gasteiger partial charge in [-0.15, -0.1) is 5.53 Å². The first-order valence-electron chi connectivity index (χ1n) is 10.0. The summed E-state index contributed by atoms with van der Waals surface area (Å²) in [5.41, 5.74) is 6.94. The molecule has 162 valence electrons. The van der Waals surface area contributed by atoms with Gasteiger partial charge in [-0.1, -0.05) is 41.5 Å². The summed E-state index contributed by atoms with van der Waals surface area (Å²) in [6.07, 6.45) is 2.47. The van der Waals surface area contributed by atoms with E-state index in [0.717, 1.165) is 5.70 Å². The van der Waals surface area contributed by atoms with Gasteiger partial charge in [-0.25, -0.2) is 0 Å². The highest BCUT2D eigenvalue weighted by Gasteiger charge is 2.12. The van der Waals surface area contributed by atoms with E-state index in [0.29, 0.717) is 58.5 Å². The van der Waals surface area contributed by atoms with Crippen LogP contribution in [0.1, 0.15) is 48.0 Å². The fourth-order valence-corrected chi connectivity index (χ4v) is 1.87. The zero-order chi connectivity index (χ0) is 20.9. The maximum atomic E-state index is 11.6. The number of hydrazine groups is 2. The molecule has 3 N–H and O–H groups in total. The molecule has 1 aliphatic rings. The van der Waals surface area contributed by atoms with Crippen LogP contribution >= 0.6 is 0 Å². The summed E-state index contributed by atoms with van der Waals surface area (Å²) in [5, 5.41) is 4.77. The minimum Gasteiger partial charge on any atom is -0.382 e. The van der Waals surface area contributed by atoms with Crippen molar-refractivity contribution in [1.29, 1.82) is 0 Å². The summed E-state index contributed by atoms with van der Waals surface area (Å²) < 4.78 is 15.7. The summed E-state index contributed by atoms with van der Waals surface area (Å²) >= 11 is 0. The molecular weight excluding hydrogens is 348 g/mol. The van der Waals surface area contributed by atoms with E-state index in [-0.39, 0.29) is 5.91 Å². The van der Waals surface area contributed by atoms with Gasteiger partial charge in [0.15, 0.2) is 0 Å². The van der Waals surface area contributed by atoms with Crippen LogP contribution in [0.3, 0.4) is 0 Å². The van der Waals surface area contributed by atoms with Crippen molar-refractivity contribution in [2.24, 2.45) is 5.92 Å². The number of nitrogens with zero attached hydrogens (tertiary/aromatic N) is 1. The lowest BCUT2D eigenvalue weighted by Crippen LogP contribution is -2.39. The number of methoxy groups -OCH3 is 1. The standard InChI is InChI=1S/C15H30N4O4.2C2H6/c1-13(2)10-15(20)16-11-14-12-19(18-17-14)4-5-22-8-9-23-7-6-21-3;2*1-2/h12-13,17-18H,4-11H2,1-3H3,(H,16,20);2*1-2H3. The molecule has 0 aromatic carbocycles. The molecule has 0 bridgehead atoms. The zero-order valence-electron chi connectivity index (χ0n) is 18.4. The molecule has 0 radical (unpaired) electrons. The van der Waals surface area contributed by atoms with Gasteiger partial charge in [0.1, 0.15) is 0 Å². The molecule has 8 nitrogen and oxygen atoms in total. The van der Waals surface area contributed by atoms with Gasteiger partial charge in [-0.2, -0.15) is 0 Å². The van der Waals surface area contributed by atoms with Crippen LogP contribution in [0.15, 0.2) is 11.9 Å². The molecule has 8 heteroatoms. The van der Waals surface area contributed by atoms with Gasteiger partial charge in [0, 0.05) is 19.7 Å². The third-order valence-electron chi connectivity index (χ3n) is 3.02. The number of hydrogen-bond donors (Lipinski definition) is 3. The maximum absolute atomic E-state index is 11.6. The van der Waals surface area contributed by atoms with Crippen molar-refractivity contribution in [3.63, 3.8) is 0 Å². The van der Waals surface area contributed by atoms with E-state index < -0.39 is 0 Å². The molecule has 0 atom stereocenters. The van der Waals surface area contributed by atoms with Crippen molar-refractivity contribution in [2.75, 3.05) is 53.2 Å². The normalized spacial score (nSPS) is 12.4. The van der Waals surface area contributed by atoms with Crippen molar-refractivity contribution < 1.29 is 19.0 Å². The Kier molecular flexibility index (Phi) is 21.6. The molecule has 1 heterocycles. The number of ether oxygens (including phenoxy) is 3. The summed E-state index contributed by atoms with van der Waals surface area (Å²) in [7, 11) is 1.65. The highest BCUT2D eigenvalue weighted by molar-refractivity contribution is 5.76. The van der Waals surface area contributed by atoms with Gasteiger partial charge in [0.2, 0.25) is 5.91 Å². The van der Waals surface area contributed by atoms with Gasteiger partial charge in [-0.05, 0) is 5.92 Å². The Morgan fingerprint density at radius 3 is 2.26 bits per heavy atom. The number of carbonyl (C=O) groups excluding carboxylic acids is 1. The van der Waals surface area contributed by atoms with Crippen molar-refractivity contribution in [1.82, 2.24) is 21.3 Å². The molecule has 0 aliphatic carbocycles. The van der Waals surface area contributed by atoms with Crippen LogP contribution in [0.2, 0.25) is 0 Å². The van der Waals surface area contributed by atoms with Gasteiger partial charge in [0.25, 0.3) is 0 Å². The summed E-state index contributed by atoms with van der Waals surface area (Å²) in [4.78, 5) is 11.6. The Balaban J connectivity index is 0. The molecule has 0 aromatic rings. The Morgan fingerprint density at radius 2 is 1.67 bits per heavy atom. The first kappa shape index (κ1) is 27.9. The summed E-state index contributed by atoms with van der Waals surface area (Å²) in [6.45, 7) is 16.2. The average Bonchev–Trinajstić information content (AvgIpc) is 3.13. The third-order valence-corrected chi connectivity index (χ3v) is 3.02. The first-order chi connectivity index (χ1) is 13.1. The predicted octanol–water partition coefficient (Wildman–Crippen LogP) is 2.05. The van der Waals surface area contributed by atoms with E-state index >= 15 is 0 Å². The van der Waals surface area contributed by atoms with E-state index in [9.17, 15) is 4.79 Å². The summed E-state index contributed by atoms with van der Waals surface area (Å²) in [6, 6.07) is 0.